The highest BCUT2D eigenvalue weighted by molar-refractivity contribution is 7.92. The van der Waals surface area contributed by atoms with Crippen LogP contribution < -0.4 is 9.61 Å². The largest absolute Gasteiger partial charge is 0.408 e. The maximum Gasteiger partial charge on any atom is 0.269 e. The van der Waals surface area contributed by atoms with Gasteiger partial charge >= 0.3 is 0 Å². The van der Waals surface area contributed by atoms with Crippen molar-refractivity contribution in [2.45, 2.75) is 0 Å². The number of nitrogens with one attached hydrogen (secondary N) is 1. The number of amides is 1. The molecule has 0 bridgehead atoms. The summed E-state index contributed by atoms with van der Waals surface area (Å²) in [6.07, 6.45) is 0. The normalized spacial score (nSPS) is 10.0. The first-order valence-corrected chi connectivity index (χ1v) is 7.28. The molecular weight excluding hydrogens is 365 g/mol. The van der Waals surface area contributed by atoms with Gasteiger partial charge in [0.1, 0.15) is 16.1 Å². The average molecular weight is 378 g/mol. The van der Waals surface area contributed by atoms with Gasteiger partial charge in [0, 0.05) is 7.05 Å². The molecule has 0 atom stereocenters. The molecular formula is C13H13Cl2N3O2S2. The number of aromatic nitrogens is 1. The van der Waals surface area contributed by atoms with E-state index in [2.05, 4.69) is 10.4 Å². The quantitative estimate of drug-likeness (QED) is 0.372. The van der Waals surface area contributed by atoms with Gasteiger partial charge < -0.3 is 4.18 Å². The molecule has 2 rings (SSSR count). The number of halogens is 2. The molecule has 1 aromatic carbocycles. The Morgan fingerprint density at radius 2 is 1.91 bits per heavy atom. The predicted molar refractivity (Wildman–Crippen MR) is 94.5 cm³/mol. The minimum atomic E-state index is -0.407. The van der Waals surface area contributed by atoms with E-state index in [0.29, 0.717) is 5.75 Å². The van der Waals surface area contributed by atoms with E-state index < -0.39 is 5.91 Å². The number of nitrogens with zero attached hydrogens (tertiary/aromatic N) is 2. The van der Waals surface area contributed by atoms with E-state index >= 15 is 0 Å². The zero-order valence-electron chi connectivity index (χ0n) is 11.4. The highest BCUT2D eigenvalue weighted by Crippen LogP contribution is 2.18. The molecule has 1 heterocycles. The molecule has 1 aromatic heterocycles. The Morgan fingerprint density at radius 1 is 1.23 bits per heavy atom. The van der Waals surface area contributed by atoms with Gasteiger partial charge in [0.2, 0.25) is 0 Å². The SMILES string of the molecule is CN(NC(=O)c1ccc(Cl)nc1Cl)SOc1ccccc1.S. The van der Waals surface area contributed by atoms with Gasteiger partial charge in [-0.1, -0.05) is 41.4 Å². The van der Waals surface area contributed by atoms with Gasteiger partial charge in [-0.3, -0.25) is 10.2 Å². The van der Waals surface area contributed by atoms with Crippen LogP contribution in [0.2, 0.25) is 10.3 Å². The Hall–Kier alpha value is -1.12. The van der Waals surface area contributed by atoms with Crippen LogP contribution >= 0.6 is 48.9 Å². The number of hydrogen-bond donors (Lipinski definition) is 1. The van der Waals surface area contributed by atoms with Gasteiger partial charge in [0.15, 0.2) is 12.2 Å². The summed E-state index contributed by atoms with van der Waals surface area (Å²) in [7, 11) is 1.64. The Labute approximate surface area is 149 Å². The fourth-order valence-electron chi connectivity index (χ4n) is 1.38. The lowest BCUT2D eigenvalue weighted by Gasteiger charge is -2.16. The van der Waals surface area contributed by atoms with Crippen molar-refractivity contribution in [2.75, 3.05) is 7.05 Å². The molecule has 22 heavy (non-hydrogen) atoms. The molecule has 0 aliphatic rings. The molecule has 0 saturated heterocycles. The van der Waals surface area contributed by atoms with Gasteiger partial charge in [-0.2, -0.15) is 13.5 Å². The molecule has 0 fully saturated rings. The lowest BCUT2D eigenvalue weighted by Crippen LogP contribution is -2.35. The molecule has 0 spiro atoms. The molecule has 1 amide bonds. The Balaban J connectivity index is 0.00000242. The van der Waals surface area contributed by atoms with E-state index in [1.165, 1.54) is 16.5 Å². The number of hydrogen-bond acceptors (Lipinski definition) is 5. The molecule has 1 N–H and O–H groups in total. The van der Waals surface area contributed by atoms with Gasteiger partial charge in [-0.25, -0.2) is 4.98 Å². The van der Waals surface area contributed by atoms with Crippen molar-refractivity contribution in [1.29, 1.82) is 0 Å². The topological polar surface area (TPSA) is 54.5 Å². The van der Waals surface area contributed by atoms with Crippen molar-refractivity contribution in [1.82, 2.24) is 14.8 Å². The van der Waals surface area contributed by atoms with Crippen LogP contribution in [0.25, 0.3) is 0 Å². The van der Waals surface area contributed by atoms with E-state index in [1.807, 2.05) is 30.3 Å². The van der Waals surface area contributed by atoms with Crippen LogP contribution in [0.4, 0.5) is 0 Å². The second-order valence-electron chi connectivity index (χ2n) is 3.88. The molecule has 2 aromatic rings. The highest BCUT2D eigenvalue weighted by Gasteiger charge is 2.14. The monoisotopic (exact) mass is 377 g/mol. The molecule has 0 unspecified atom stereocenters. The molecule has 9 heteroatoms. The predicted octanol–water partition coefficient (Wildman–Crippen LogP) is 3.72. The van der Waals surface area contributed by atoms with Crippen molar-refractivity contribution in [3.63, 3.8) is 0 Å². The van der Waals surface area contributed by atoms with E-state index in [-0.39, 0.29) is 29.4 Å². The summed E-state index contributed by atoms with van der Waals surface area (Å²) in [6.45, 7) is 0. The first-order valence-electron chi connectivity index (χ1n) is 5.82. The van der Waals surface area contributed by atoms with E-state index in [9.17, 15) is 4.79 Å². The van der Waals surface area contributed by atoms with Gasteiger partial charge in [-0.15, -0.1) is 4.41 Å². The summed E-state index contributed by atoms with van der Waals surface area (Å²) in [6, 6.07) is 12.2. The lowest BCUT2D eigenvalue weighted by atomic mass is 10.3. The van der Waals surface area contributed by atoms with Crippen molar-refractivity contribution in [2.24, 2.45) is 0 Å². The molecule has 0 aliphatic heterocycles. The summed E-state index contributed by atoms with van der Waals surface area (Å²) in [4.78, 5) is 15.8. The van der Waals surface area contributed by atoms with Crippen LogP contribution in [0.5, 0.6) is 5.75 Å². The average Bonchev–Trinajstić information content (AvgIpc) is 2.46. The number of hydrazine groups is 1. The molecule has 0 aliphatic carbocycles. The molecule has 118 valence electrons. The summed E-state index contributed by atoms with van der Waals surface area (Å²) >= 11 is 12.5. The highest BCUT2D eigenvalue weighted by atomic mass is 35.5. The molecule has 0 saturated carbocycles. The van der Waals surface area contributed by atoms with Crippen molar-refractivity contribution in [3.05, 3.63) is 58.3 Å². The zero-order chi connectivity index (χ0) is 15.2. The minimum absolute atomic E-state index is 0. The summed E-state index contributed by atoms with van der Waals surface area (Å²) in [5, 5.41) is 0.272. The lowest BCUT2D eigenvalue weighted by molar-refractivity contribution is 0.0897. The van der Waals surface area contributed by atoms with Gasteiger partial charge in [0.25, 0.3) is 5.91 Å². The fraction of sp³-hybridized carbons (Fsp3) is 0.0769. The summed E-state index contributed by atoms with van der Waals surface area (Å²) in [5.74, 6) is 0.269. The van der Waals surface area contributed by atoms with Crippen molar-refractivity contribution < 1.29 is 8.98 Å². The standard InChI is InChI=1S/C13H11Cl2N3O2S.H2S/c1-18(21-20-9-5-3-2-4-6-9)17-13(19)10-7-8-11(14)16-12(10)15;/h2-8H,1H3,(H,17,19);1H2. The fourth-order valence-corrected chi connectivity index (χ4v) is 2.24. The van der Waals surface area contributed by atoms with Crippen LogP contribution in [0.15, 0.2) is 42.5 Å². The van der Waals surface area contributed by atoms with Crippen molar-refractivity contribution >= 4 is 54.8 Å². The maximum atomic E-state index is 12.0. The van der Waals surface area contributed by atoms with Gasteiger partial charge in [-0.05, 0) is 24.3 Å². The van der Waals surface area contributed by atoms with Crippen LogP contribution in [0, 0.1) is 0 Å². The number of benzene rings is 1. The Bertz CT molecular complexity index is 632. The maximum absolute atomic E-state index is 12.0. The number of pyridine rings is 1. The summed E-state index contributed by atoms with van der Waals surface area (Å²) in [5.41, 5.74) is 2.82. The van der Waals surface area contributed by atoms with Crippen molar-refractivity contribution in [3.8, 4) is 5.75 Å². The molecule has 5 nitrogen and oxygen atoms in total. The smallest absolute Gasteiger partial charge is 0.269 e. The first-order chi connectivity index (χ1) is 10.1. The number of rotatable bonds is 5. The first kappa shape index (κ1) is 18.9. The van der Waals surface area contributed by atoms with E-state index in [1.54, 1.807) is 7.05 Å². The Kier molecular flexibility index (Phi) is 7.84. The minimum Gasteiger partial charge on any atom is -0.408 e. The summed E-state index contributed by atoms with van der Waals surface area (Å²) < 4.78 is 6.83. The Morgan fingerprint density at radius 3 is 2.55 bits per heavy atom. The second-order valence-corrected chi connectivity index (χ2v) is 5.49. The third kappa shape index (κ3) is 5.58. The number of para-hydroxylation sites is 1. The molecule has 0 radical (unpaired) electrons. The number of carbonyl (C=O) groups is 1. The van der Waals surface area contributed by atoms with Crippen LogP contribution in [0.3, 0.4) is 0 Å². The third-order valence-corrected chi connectivity index (χ3v) is 3.39. The van der Waals surface area contributed by atoms with E-state index in [0.717, 1.165) is 12.2 Å². The van der Waals surface area contributed by atoms with Crippen LogP contribution in [-0.4, -0.2) is 22.4 Å². The zero-order valence-corrected chi connectivity index (χ0v) is 14.7. The second kappa shape index (κ2) is 9.12. The van der Waals surface area contributed by atoms with Crippen LogP contribution in [-0.2, 0) is 0 Å². The van der Waals surface area contributed by atoms with Gasteiger partial charge in [0.05, 0.1) is 5.56 Å². The third-order valence-electron chi connectivity index (χ3n) is 2.31. The number of carbonyl (C=O) groups excluding carboxylic acids is 1. The van der Waals surface area contributed by atoms with E-state index in [4.69, 9.17) is 27.4 Å². The van der Waals surface area contributed by atoms with Crippen LogP contribution in [0.1, 0.15) is 10.4 Å².